The Balaban J connectivity index is 0.00000605. The van der Waals surface area contributed by atoms with Crippen LogP contribution in [0.3, 0.4) is 0 Å². The molecule has 0 unspecified atom stereocenters. The summed E-state index contributed by atoms with van der Waals surface area (Å²) >= 11 is 12.8. The van der Waals surface area contributed by atoms with E-state index in [1.165, 1.54) is 43.1 Å². The molecule has 3 aromatic rings. The number of likely N-dealkylation sites (tertiary alicyclic amines) is 1. The van der Waals surface area contributed by atoms with E-state index in [-0.39, 0.29) is 41.3 Å². The van der Waals surface area contributed by atoms with Gasteiger partial charge in [0.15, 0.2) is 0 Å². The second kappa shape index (κ2) is 16.4. The Morgan fingerprint density at radius 2 is 1.52 bits per heavy atom. The van der Waals surface area contributed by atoms with Gasteiger partial charge in [-0.25, -0.2) is 0 Å². The predicted octanol–water partition coefficient (Wildman–Crippen LogP) is 6.20. The lowest BCUT2D eigenvalue weighted by Crippen LogP contribution is -2.59. The van der Waals surface area contributed by atoms with Crippen molar-refractivity contribution in [3.05, 3.63) is 99.5 Å². The smallest absolute Gasteiger partial charge is 0.346 e. The van der Waals surface area contributed by atoms with Gasteiger partial charge in [-0.1, -0.05) is 71.7 Å². The summed E-state index contributed by atoms with van der Waals surface area (Å²) in [7, 11) is 4.10. The molecule has 0 saturated carbocycles. The van der Waals surface area contributed by atoms with Crippen molar-refractivity contribution in [2.24, 2.45) is 0 Å². The van der Waals surface area contributed by atoms with Crippen molar-refractivity contribution < 1.29 is 32.3 Å². The summed E-state index contributed by atoms with van der Waals surface area (Å²) in [6.45, 7) is 1.06. The van der Waals surface area contributed by atoms with E-state index in [0.717, 1.165) is 16.0 Å². The van der Waals surface area contributed by atoms with Gasteiger partial charge in [0, 0.05) is 53.0 Å². The highest BCUT2D eigenvalue weighted by atomic mass is 35.5. The SMILES string of the molecule is CN(C[C@](CCN1CCC2(CC1)NC(=O)Cc1ccccc12)(c1ccc(Cl)c(Cl)c1)N(C)C(=O)C(=O)N(C)c1ccccc1)C(=O)CC(F)(F)F.Cl. The molecule has 5 rings (SSSR count). The Hall–Kier alpha value is -3.84. The minimum absolute atomic E-state index is 0. The van der Waals surface area contributed by atoms with Crippen LogP contribution in [0.2, 0.25) is 10.0 Å². The number of alkyl halides is 3. The third-order valence-electron chi connectivity index (χ3n) is 10.1. The minimum atomic E-state index is -4.76. The first-order chi connectivity index (χ1) is 24.0. The maximum atomic E-state index is 14.1. The number of nitrogens with one attached hydrogen (secondary N) is 1. The van der Waals surface area contributed by atoms with Gasteiger partial charge in [0.1, 0.15) is 6.42 Å². The van der Waals surface area contributed by atoms with Crippen molar-refractivity contribution in [3.63, 3.8) is 0 Å². The molecule has 2 aliphatic rings. The van der Waals surface area contributed by atoms with Gasteiger partial charge in [-0.3, -0.25) is 19.2 Å². The lowest BCUT2D eigenvalue weighted by molar-refractivity contribution is -0.163. The van der Waals surface area contributed by atoms with Crippen molar-refractivity contribution >= 4 is 64.9 Å². The summed E-state index contributed by atoms with van der Waals surface area (Å²) in [6.07, 6.45) is -4.83. The molecule has 15 heteroatoms. The lowest BCUT2D eigenvalue weighted by Gasteiger charge is -2.48. The Morgan fingerprint density at radius 3 is 2.15 bits per heavy atom. The second-order valence-electron chi connectivity index (χ2n) is 13.3. The van der Waals surface area contributed by atoms with Crippen LogP contribution in [-0.4, -0.2) is 91.8 Å². The number of nitrogens with zero attached hydrogens (tertiary/aromatic N) is 4. The fraction of sp³-hybridized carbons (Fsp3) is 0.405. The summed E-state index contributed by atoms with van der Waals surface area (Å²) in [5.74, 6) is -3.07. The Kier molecular flexibility index (Phi) is 12.9. The lowest BCUT2D eigenvalue weighted by atomic mass is 9.75. The zero-order valence-electron chi connectivity index (χ0n) is 29.0. The number of para-hydroxylation sites is 1. The average molecular weight is 783 g/mol. The van der Waals surface area contributed by atoms with Crippen molar-refractivity contribution in [1.82, 2.24) is 20.0 Å². The molecule has 0 radical (unpaired) electrons. The van der Waals surface area contributed by atoms with E-state index in [4.69, 9.17) is 23.2 Å². The number of hydrogen-bond donors (Lipinski definition) is 1. The zero-order chi connectivity index (χ0) is 37.1. The Labute approximate surface area is 317 Å². The Morgan fingerprint density at radius 1 is 0.885 bits per heavy atom. The van der Waals surface area contributed by atoms with Gasteiger partial charge in [0.2, 0.25) is 11.8 Å². The molecular formula is C37H41Cl3F3N5O4. The van der Waals surface area contributed by atoms with E-state index in [9.17, 15) is 32.3 Å². The molecule has 0 bridgehead atoms. The standard InChI is InChI=1S/C37H40Cl2F3N5O4.ClH/c1-44(32(49)23-37(40,41)42)24-36(26-13-14-29(38)30(39)22-26,46(3)34(51)33(50)45(2)27-10-5-4-6-11-27)17-20-47-18-15-35(16-19-47)28-12-8-7-9-25(28)21-31(48)43-35;/h4-14,22H,15-21,23-24H2,1-3H3,(H,43,48);1H/t36-;/m1./s1. The van der Waals surface area contributed by atoms with Crippen LogP contribution in [0.15, 0.2) is 72.8 Å². The van der Waals surface area contributed by atoms with E-state index in [2.05, 4.69) is 10.2 Å². The largest absolute Gasteiger partial charge is 0.397 e. The highest BCUT2D eigenvalue weighted by Crippen LogP contribution is 2.40. The van der Waals surface area contributed by atoms with Crippen molar-refractivity contribution in [2.75, 3.05) is 52.2 Å². The number of halogens is 6. The molecule has 280 valence electrons. The van der Waals surface area contributed by atoms with Crippen molar-refractivity contribution in [3.8, 4) is 0 Å². The average Bonchev–Trinajstić information content (AvgIpc) is 3.10. The molecule has 1 fully saturated rings. The maximum absolute atomic E-state index is 14.1. The minimum Gasteiger partial charge on any atom is -0.346 e. The third-order valence-corrected chi connectivity index (χ3v) is 10.9. The molecule has 9 nitrogen and oxygen atoms in total. The van der Waals surface area contributed by atoms with Gasteiger partial charge in [0.25, 0.3) is 0 Å². The van der Waals surface area contributed by atoms with Crippen LogP contribution in [0, 0.1) is 0 Å². The van der Waals surface area contributed by atoms with E-state index in [1.54, 1.807) is 36.4 Å². The molecule has 1 atom stereocenters. The van der Waals surface area contributed by atoms with E-state index >= 15 is 0 Å². The third kappa shape index (κ3) is 8.85. The first-order valence-electron chi connectivity index (χ1n) is 16.5. The van der Waals surface area contributed by atoms with Crippen LogP contribution < -0.4 is 10.2 Å². The molecule has 0 aromatic heterocycles. The fourth-order valence-corrected chi connectivity index (χ4v) is 7.49. The quantitative estimate of drug-likeness (QED) is 0.262. The molecule has 4 amide bonds. The molecule has 3 aromatic carbocycles. The van der Waals surface area contributed by atoms with Crippen LogP contribution in [0.1, 0.15) is 42.4 Å². The molecule has 1 N–H and O–H groups in total. The molecule has 2 aliphatic heterocycles. The van der Waals surface area contributed by atoms with Gasteiger partial charge in [-0.15, -0.1) is 12.4 Å². The van der Waals surface area contributed by atoms with E-state index < -0.39 is 41.4 Å². The summed E-state index contributed by atoms with van der Waals surface area (Å²) in [5.41, 5.74) is 0.858. The van der Waals surface area contributed by atoms with Gasteiger partial charge < -0.3 is 24.9 Å². The van der Waals surface area contributed by atoms with Crippen molar-refractivity contribution in [2.45, 2.75) is 49.4 Å². The summed E-state index contributed by atoms with van der Waals surface area (Å²) in [5, 5.41) is 3.56. The van der Waals surface area contributed by atoms with Crippen LogP contribution in [0.5, 0.6) is 0 Å². The molecule has 2 heterocycles. The highest BCUT2D eigenvalue weighted by Gasteiger charge is 2.46. The Bertz CT molecular complexity index is 1790. The van der Waals surface area contributed by atoms with Crippen LogP contribution in [0.25, 0.3) is 0 Å². The maximum Gasteiger partial charge on any atom is 0.397 e. The first-order valence-corrected chi connectivity index (χ1v) is 17.3. The number of piperidine rings is 1. The normalized spacial score (nSPS) is 16.5. The highest BCUT2D eigenvalue weighted by molar-refractivity contribution is 6.42. The number of carbonyl (C=O) groups excluding carboxylic acids is 4. The topological polar surface area (TPSA) is 93.3 Å². The van der Waals surface area contributed by atoms with E-state index in [0.29, 0.717) is 50.1 Å². The van der Waals surface area contributed by atoms with Gasteiger partial charge in [0.05, 0.1) is 27.5 Å². The molecule has 52 heavy (non-hydrogen) atoms. The number of hydrogen-bond acceptors (Lipinski definition) is 5. The number of carbonyl (C=O) groups is 4. The summed E-state index contributed by atoms with van der Waals surface area (Å²) in [6, 6.07) is 21.0. The zero-order valence-corrected chi connectivity index (χ0v) is 31.3. The molecule has 1 spiro atoms. The van der Waals surface area contributed by atoms with Gasteiger partial charge in [-0.05, 0) is 60.2 Å². The number of benzene rings is 3. The van der Waals surface area contributed by atoms with Crippen LogP contribution in [-0.2, 0) is 36.7 Å². The van der Waals surface area contributed by atoms with Crippen LogP contribution >= 0.6 is 35.6 Å². The number of anilines is 1. The summed E-state index contributed by atoms with van der Waals surface area (Å²) < 4.78 is 40.2. The number of amides is 4. The number of likely N-dealkylation sites (N-methyl/N-ethyl adjacent to an activating group) is 3. The molecule has 0 aliphatic carbocycles. The molecule has 1 saturated heterocycles. The van der Waals surface area contributed by atoms with E-state index in [1.807, 2.05) is 24.3 Å². The second-order valence-corrected chi connectivity index (χ2v) is 14.1. The fourth-order valence-electron chi connectivity index (χ4n) is 7.19. The predicted molar refractivity (Wildman–Crippen MR) is 197 cm³/mol. The summed E-state index contributed by atoms with van der Waals surface area (Å²) in [4.78, 5) is 59.0. The van der Waals surface area contributed by atoms with Gasteiger partial charge in [-0.2, -0.15) is 13.2 Å². The van der Waals surface area contributed by atoms with Gasteiger partial charge >= 0.3 is 18.0 Å². The molecular weight excluding hydrogens is 742 g/mol. The number of rotatable bonds is 9. The monoisotopic (exact) mass is 781 g/mol. The first kappa shape index (κ1) is 40.9. The number of fused-ring (bicyclic) bond motifs is 2. The van der Waals surface area contributed by atoms with Crippen molar-refractivity contribution in [1.29, 1.82) is 0 Å². The van der Waals surface area contributed by atoms with Crippen LogP contribution in [0.4, 0.5) is 18.9 Å².